The van der Waals surface area contributed by atoms with Crippen LogP contribution in [0.1, 0.15) is 5.56 Å². The van der Waals surface area contributed by atoms with Gasteiger partial charge in [-0.05, 0) is 48.2 Å². The first-order valence-electron chi connectivity index (χ1n) is 7.49. The normalized spacial score (nSPS) is 11.0. The van der Waals surface area contributed by atoms with Gasteiger partial charge in [0.2, 0.25) is 5.82 Å². The lowest BCUT2D eigenvalue weighted by molar-refractivity contribution is 0.221. The summed E-state index contributed by atoms with van der Waals surface area (Å²) >= 11 is 7.57. The molecule has 0 bridgehead atoms. The van der Waals surface area contributed by atoms with Gasteiger partial charge in [0.15, 0.2) is 12.4 Å². The average molecular weight is 373 g/mol. The van der Waals surface area contributed by atoms with Crippen LogP contribution in [0.3, 0.4) is 0 Å². The van der Waals surface area contributed by atoms with Crippen LogP contribution in [-0.4, -0.2) is 19.9 Å². The van der Waals surface area contributed by atoms with Crippen molar-refractivity contribution in [2.75, 3.05) is 0 Å². The second-order valence-corrected chi connectivity index (χ2v) is 6.68. The Hall–Kier alpha value is -2.64. The Morgan fingerprint density at radius 1 is 1.28 bits per heavy atom. The van der Waals surface area contributed by atoms with Gasteiger partial charge in [0, 0.05) is 11.2 Å². The first kappa shape index (κ1) is 15.9. The number of benzene rings is 1. The van der Waals surface area contributed by atoms with Crippen molar-refractivity contribution in [3.8, 4) is 28.0 Å². The molecule has 6 nitrogen and oxygen atoms in total. The molecule has 0 aliphatic carbocycles. The summed E-state index contributed by atoms with van der Waals surface area (Å²) in [4.78, 5) is 5.33. The molecule has 3 heterocycles. The molecule has 0 radical (unpaired) electrons. The van der Waals surface area contributed by atoms with Crippen LogP contribution in [0.25, 0.3) is 22.3 Å². The predicted molar refractivity (Wildman–Crippen MR) is 95.6 cm³/mol. The second kappa shape index (κ2) is 6.70. The third kappa shape index (κ3) is 3.42. The topological polar surface area (TPSA) is 66.0 Å². The summed E-state index contributed by atoms with van der Waals surface area (Å²) in [6.07, 6.45) is 1.80. The minimum atomic E-state index is 0.271. The van der Waals surface area contributed by atoms with Gasteiger partial charge >= 0.3 is 0 Å². The van der Waals surface area contributed by atoms with Crippen LogP contribution in [0, 0.1) is 6.92 Å². The van der Waals surface area contributed by atoms with Gasteiger partial charge in [-0.25, -0.2) is 4.68 Å². The summed E-state index contributed by atoms with van der Waals surface area (Å²) in [6.45, 7) is 2.20. The second-order valence-electron chi connectivity index (χ2n) is 5.33. The van der Waals surface area contributed by atoms with Crippen LogP contribution in [0.5, 0.6) is 5.75 Å². The molecule has 0 N–H and O–H groups in total. The highest BCUT2D eigenvalue weighted by Crippen LogP contribution is 2.25. The highest BCUT2D eigenvalue weighted by atomic mass is 35.5. The van der Waals surface area contributed by atoms with Gasteiger partial charge in [-0.15, -0.1) is 11.3 Å². The van der Waals surface area contributed by atoms with Gasteiger partial charge in [-0.1, -0.05) is 22.8 Å². The van der Waals surface area contributed by atoms with E-state index in [1.165, 1.54) is 0 Å². The molecule has 8 heteroatoms. The molecule has 126 valence electrons. The van der Waals surface area contributed by atoms with E-state index in [2.05, 4.69) is 15.2 Å². The highest BCUT2D eigenvalue weighted by molar-refractivity contribution is 7.13. The van der Waals surface area contributed by atoms with E-state index >= 15 is 0 Å². The quantitative estimate of drug-likeness (QED) is 0.509. The van der Waals surface area contributed by atoms with Crippen molar-refractivity contribution < 1.29 is 9.26 Å². The van der Waals surface area contributed by atoms with Crippen molar-refractivity contribution in [3.63, 3.8) is 0 Å². The Bertz CT molecular complexity index is 994. The van der Waals surface area contributed by atoms with Crippen molar-refractivity contribution in [3.05, 3.63) is 58.6 Å². The van der Waals surface area contributed by atoms with E-state index in [0.29, 0.717) is 22.4 Å². The number of thiophene rings is 1. The van der Waals surface area contributed by atoms with E-state index in [9.17, 15) is 0 Å². The maximum atomic E-state index is 6.01. The van der Waals surface area contributed by atoms with E-state index in [0.717, 1.165) is 16.2 Å². The SMILES string of the molecule is Cc1cc(OCn2ccc(-c3nc(-c4cccs4)no3)n2)ccc1Cl. The van der Waals surface area contributed by atoms with Crippen molar-refractivity contribution in [1.29, 1.82) is 0 Å². The maximum absolute atomic E-state index is 6.01. The van der Waals surface area contributed by atoms with Gasteiger partial charge in [0.25, 0.3) is 5.89 Å². The van der Waals surface area contributed by atoms with Gasteiger partial charge < -0.3 is 9.26 Å². The van der Waals surface area contributed by atoms with Crippen LogP contribution >= 0.6 is 22.9 Å². The number of hydrogen-bond donors (Lipinski definition) is 0. The number of ether oxygens (including phenoxy) is 1. The van der Waals surface area contributed by atoms with Gasteiger partial charge in [0.1, 0.15) is 5.75 Å². The van der Waals surface area contributed by atoms with Crippen LogP contribution in [-0.2, 0) is 6.73 Å². The summed E-state index contributed by atoms with van der Waals surface area (Å²) < 4.78 is 12.7. The molecule has 4 rings (SSSR count). The number of hydrogen-bond acceptors (Lipinski definition) is 6. The fourth-order valence-electron chi connectivity index (χ4n) is 2.23. The lowest BCUT2D eigenvalue weighted by Gasteiger charge is -2.07. The van der Waals surface area contributed by atoms with Crippen LogP contribution < -0.4 is 4.74 Å². The molecule has 0 spiro atoms. The zero-order valence-corrected chi connectivity index (χ0v) is 14.8. The fourth-order valence-corrected chi connectivity index (χ4v) is 3.00. The first-order valence-corrected chi connectivity index (χ1v) is 8.75. The number of halogens is 1. The van der Waals surface area contributed by atoms with Crippen LogP contribution in [0.4, 0.5) is 0 Å². The molecular weight excluding hydrogens is 360 g/mol. The van der Waals surface area contributed by atoms with Gasteiger partial charge in [-0.2, -0.15) is 10.1 Å². The van der Waals surface area contributed by atoms with E-state index < -0.39 is 0 Å². The molecule has 3 aromatic heterocycles. The average Bonchev–Trinajstić information content (AvgIpc) is 3.36. The van der Waals surface area contributed by atoms with Gasteiger partial charge in [0.05, 0.1) is 4.88 Å². The molecule has 4 aromatic rings. The van der Waals surface area contributed by atoms with E-state index in [4.69, 9.17) is 20.9 Å². The predicted octanol–water partition coefficient (Wildman–Crippen LogP) is 4.66. The monoisotopic (exact) mass is 372 g/mol. The molecule has 0 saturated heterocycles. The van der Waals surface area contributed by atoms with Crippen molar-refractivity contribution >= 4 is 22.9 Å². The largest absolute Gasteiger partial charge is 0.471 e. The summed E-state index contributed by atoms with van der Waals surface area (Å²) in [7, 11) is 0. The molecule has 0 aliphatic rings. The standard InChI is InChI=1S/C17H13ClN4O2S/c1-11-9-12(4-5-13(11)18)23-10-22-7-6-14(20-22)17-19-16(21-24-17)15-3-2-8-25-15/h2-9H,10H2,1H3. The summed E-state index contributed by atoms with van der Waals surface area (Å²) in [5.41, 5.74) is 1.57. The van der Waals surface area contributed by atoms with E-state index in [1.54, 1.807) is 22.2 Å². The summed E-state index contributed by atoms with van der Waals surface area (Å²) in [5, 5.41) is 11.1. The van der Waals surface area contributed by atoms with Crippen molar-refractivity contribution in [2.45, 2.75) is 13.7 Å². The van der Waals surface area contributed by atoms with Gasteiger partial charge in [-0.3, -0.25) is 0 Å². The van der Waals surface area contributed by atoms with E-state index in [1.807, 2.05) is 48.7 Å². The Morgan fingerprint density at radius 2 is 2.20 bits per heavy atom. The Balaban J connectivity index is 1.46. The fraction of sp³-hybridized carbons (Fsp3) is 0.118. The molecule has 0 fully saturated rings. The molecule has 1 aromatic carbocycles. The molecule has 0 saturated carbocycles. The van der Waals surface area contributed by atoms with Crippen molar-refractivity contribution in [2.24, 2.45) is 0 Å². The van der Waals surface area contributed by atoms with Crippen LogP contribution in [0.15, 0.2) is 52.5 Å². The first-order chi connectivity index (χ1) is 12.2. The van der Waals surface area contributed by atoms with E-state index in [-0.39, 0.29) is 6.73 Å². The van der Waals surface area contributed by atoms with Crippen molar-refractivity contribution in [1.82, 2.24) is 19.9 Å². The zero-order chi connectivity index (χ0) is 17.2. The number of aryl methyl sites for hydroxylation is 1. The third-order valence-corrected chi connectivity index (χ3v) is 4.81. The maximum Gasteiger partial charge on any atom is 0.278 e. The Morgan fingerprint density at radius 3 is 3.00 bits per heavy atom. The smallest absolute Gasteiger partial charge is 0.278 e. The molecule has 0 aliphatic heterocycles. The highest BCUT2D eigenvalue weighted by Gasteiger charge is 2.13. The molecule has 0 amide bonds. The lowest BCUT2D eigenvalue weighted by atomic mass is 10.2. The minimum absolute atomic E-state index is 0.271. The molecular formula is C17H13ClN4O2S. The third-order valence-electron chi connectivity index (χ3n) is 3.52. The number of rotatable bonds is 5. The summed E-state index contributed by atoms with van der Waals surface area (Å²) in [5.74, 6) is 1.67. The Labute approximate surface area is 152 Å². The number of aromatic nitrogens is 4. The minimum Gasteiger partial charge on any atom is -0.471 e. The lowest BCUT2D eigenvalue weighted by Crippen LogP contribution is -2.05. The Kier molecular flexibility index (Phi) is 4.25. The number of nitrogens with zero attached hydrogens (tertiary/aromatic N) is 4. The molecule has 25 heavy (non-hydrogen) atoms. The molecule has 0 atom stereocenters. The zero-order valence-electron chi connectivity index (χ0n) is 13.2. The summed E-state index contributed by atoms with van der Waals surface area (Å²) in [6, 6.07) is 11.2. The van der Waals surface area contributed by atoms with Crippen LogP contribution in [0.2, 0.25) is 5.02 Å². The molecule has 0 unspecified atom stereocenters.